The first kappa shape index (κ1) is 35.0. The van der Waals surface area contributed by atoms with Crippen molar-refractivity contribution in [3.05, 3.63) is 65.7 Å². The Kier molecular flexibility index (Phi) is 12.9. The largest absolute Gasteiger partial charge is 0.508 e. The second-order valence-corrected chi connectivity index (χ2v) is 11.6. The molecular weight excluding hydrogens is 578 g/mol. The molecule has 1 fully saturated rings. The van der Waals surface area contributed by atoms with E-state index in [4.69, 9.17) is 10.5 Å². The minimum atomic E-state index is -0.976. The molecule has 1 saturated heterocycles. The number of nitrogens with one attached hydrogen (secondary N) is 2. The van der Waals surface area contributed by atoms with Gasteiger partial charge >= 0.3 is 5.97 Å². The third kappa shape index (κ3) is 10.0. The molecule has 12 heteroatoms. The zero-order valence-electron chi connectivity index (χ0n) is 26.4. The predicted octanol–water partition coefficient (Wildman–Crippen LogP) is 1.14. The van der Waals surface area contributed by atoms with Gasteiger partial charge in [-0.1, -0.05) is 56.3 Å². The van der Waals surface area contributed by atoms with Crippen LogP contribution in [0.5, 0.6) is 5.75 Å². The van der Waals surface area contributed by atoms with E-state index in [0.29, 0.717) is 6.42 Å². The maximum absolute atomic E-state index is 13.9. The number of hydrogen-bond donors (Lipinski definition) is 4. The second-order valence-electron chi connectivity index (χ2n) is 11.6. The van der Waals surface area contributed by atoms with Crippen molar-refractivity contribution in [3.63, 3.8) is 0 Å². The van der Waals surface area contributed by atoms with E-state index >= 15 is 0 Å². The molecule has 244 valence electrons. The molecule has 1 heterocycles. The molecule has 0 spiro atoms. The summed E-state index contributed by atoms with van der Waals surface area (Å²) in [6.45, 7) is 7.25. The smallest absolute Gasteiger partial charge is 0.328 e. The molecule has 1 aliphatic rings. The Bertz CT molecular complexity index is 1320. The zero-order valence-corrected chi connectivity index (χ0v) is 26.4. The lowest BCUT2D eigenvalue weighted by atomic mass is 9.97. The summed E-state index contributed by atoms with van der Waals surface area (Å²) in [5.74, 6) is -2.19. The minimum absolute atomic E-state index is 0.0984. The highest BCUT2D eigenvalue weighted by Crippen LogP contribution is 2.23. The monoisotopic (exact) mass is 623 g/mol. The maximum Gasteiger partial charge on any atom is 0.328 e. The summed E-state index contributed by atoms with van der Waals surface area (Å²) in [5, 5.41) is 14.6. The molecule has 0 saturated carbocycles. The summed E-state index contributed by atoms with van der Waals surface area (Å²) in [4.78, 5) is 68.6. The molecular formula is C33H45N5O7. The summed E-state index contributed by atoms with van der Waals surface area (Å²) >= 11 is 0. The number of phenols is 1. The van der Waals surface area contributed by atoms with Crippen molar-refractivity contribution in [1.82, 2.24) is 20.4 Å². The van der Waals surface area contributed by atoms with Crippen molar-refractivity contribution in [2.45, 2.75) is 71.1 Å². The maximum atomic E-state index is 13.9. The van der Waals surface area contributed by atoms with Crippen LogP contribution < -0.4 is 16.4 Å². The molecule has 2 aromatic rings. The number of piperazine rings is 1. The van der Waals surface area contributed by atoms with Crippen LogP contribution in [-0.2, 0) is 41.6 Å². The summed E-state index contributed by atoms with van der Waals surface area (Å²) in [6.07, 6.45) is 0.864. The van der Waals surface area contributed by atoms with E-state index in [2.05, 4.69) is 10.6 Å². The quantitative estimate of drug-likeness (QED) is 0.227. The van der Waals surface area contributed by atoms with Crippen LogP contribution in [0, 0.1) is 5.92 Å². The van der Waals surface area contributed by atoms with Crippen LogP contribution in [-0.4, -0.2) is 94.9 Å². The number of amides is 4. The summed E-state index contributed by atoms with van der Waals surface area (Å²) in [7, 11) is 0. The van der Waals surface area contributed by atoms with E-state index in [1.165, 1.54) is 28.9 Å². The number of benzene rings is 2. The van der Waals surface area contributed by atoms with Gasteiger partial charge in [-0.05, 0) is 55.9 Å². The number of esters is 1. The molecule has 4 amide bonds. The zero-order chi connectivity index (χ0) is 33.1. The Labute approximate surface area is 264 Å². The van der Waals surface area contributed by atoms with E-state index in [1.807, 2.05) is 44.2 Å². The fourth-order valence-corrected chi connectivity index (χ4v) is 5.27. The average Bonchev–Trinajstić information content (AvgIpc) is 3.01. The van der Waals surface area contributed by atoms with Gasteiger partial charge in [0.2, 0.25) is 23.6 Å². The predicted molar refractivity (Wildman–Crippen MR) is 168 cm³/mol. The molecule has 2 aromatic carbocycles. The van der Waals surface area contributed by atoms with Gasteiger partial charge in [-0.2, -0.15) is 0 Å². The standard InChI is InChI=1S/C33H45N5O7/c1-5-45-33(44)28(17-21(2)3)38-16-15-37(27(32(38)43)19-23-9-7-6-8-10-23)29(40)20-35-30(41)22(4)36-31(42)26(34)18-24-11-13-25(39)14-12-24/h6-14,21-22,26-28,39H,5,15-20,34H2,1-4H3,(H,35,41)(H,36,42)/t22-,26+,27-,28-/m1/s1. The molecule has 3 rings (SSSR count). The first-order chi connectivity index (χ1) is 21.4. The Balaban J connectivity index is 1.66. The Morgan fingerprint density at radius 3 is 2.27 bits per heavy atom. The number of aromatic hydroxyl groups is 1. The molecule has 0 bridgehead atoms. The number of nitrogens with zero attached hydrogens (tertiary/aromatic N) is 2. The molecule has 1 aliphatic heterocycles. The highest BCUT2D eigenvalue weighted by molar-refractivity contribution is 5.95. The van der Waals surface area contributed by atoms with Crippen LogP contribution in [0.1, 0.15) is 45.2 Å². The van der Waals surface area contributed by atoms with Gasteiger partial charge in [-0.15, -0.1) is 0 Å². The van der Waals surface area contributed by atoms with Crippen molar-refractivity contribution in [1.29, 1.82) is 0 Å². The average molecular weight is 624 g/mol. The second kappa shape index (κ2) is 16.6. The van der Waals surface area contributed by atoms with Gasteiger partial charge in [-0.3, -0.25) is 19.2 Å². The van der Waals surface area contributed by atoms with Gasteiger partial charge in [0.05, 0.1) is 19.2 Å². The molecule has 0 unspecified atom stereocenters. The van der Waals surface area contributed by atoms with Gasteiger partial charge in [-0.25, -0.2) is 4.79 Å². The Hall–Kier alpha value is -4.45. The first-order valence-corrected chi connectivity index (χ1v) is 15.3. The SMILES string of the molecule is CCOC(=O)[C@@H](CC(C)C)N1CCN(C(=O)CNC(=O)[C@@H](C)NC(=O)[C@@H](N)Cc2ccc(O)cc2)[C@H](Cc2ccccc2)C1=O. The molecule has 12 nitrogen and oxygen atoms in total. The summed E-state index contributed by atoms with van der Waals surface area (Å²) in [6, 6.07) is 12.0. The molecule has 0 aliphatic carbocycles. The molecule has 0 radical (unpaired) electrons. The Morgan fingerprint density at radius 2 is 1.64 bits per heavy atom. The minimum Gasteiger partial charge on any atom is -0.508 e. The number of rotatable bonds is 14. The van der Waals surface area contributed by atoms with Crippen molar-refractivity contribution < 1.29 is 33.8 Å². The number of nitrogens with two attached hydrogens (primary N) is 1. The fourth-order valence-electron chi connectivity index (χ4n) is 5.27. The van der Waals surface area contributed by atoms with Crippen LogP contribution in [0.2, 0.25) is 0 Å². The van der Waals surface area contributed by atoms with Crippen molar-refractivity contribution >= 4 is 29.6 Å². The van der Waals surface area contributed by atoms with E-state index in [0.717, 1.165) is 11.1 Å². The molecule has 4 atom stereocenters. The topological polar surface area (TPSA) is 171 Å². The third-order valence-electron chi connectivity index (χ3n) is 7.64. The lowest BCUT2D eigenvalue weighted by Crippen LogP contribution is -2.64. The van der Waals surface area contributed by atoms with E-state index < -0.39 is 47.9 Å². The van der Waals surface area contributed by atoms with Crippen LogP contribution in [0.15, 0.2) is 54.6 Å². The Morgan fingerprint density at radius 1 is 0.978 bits per heavy atom. The van der Waals surface area contributed by atoms with E-state index in [1.54, 1.807) is 19.1 Å². The van der Waals surface area contributed by atoms with Crippen LogP contribution in [0.25, 0.3) is 0 Å². The van der Waals surface area contributed by atoms with Gasteiger partial charge in [0.25, 0.3) is 0 Å². The first-order valence-electron chi connectivity index (χ1n) is 15.3. The van der Waals surface area contributed by atoms with Gasteiger partial charge in [0, 0.05) is 19.5 Å². The lowest BCUT2D eigenvalue weighted by Gasteiger charge is -2.43. The van der Waals surface area contributed by atoms with Crippen molar-refractivity contribution in [3.8, 4) is 5.75 Å². The van der Waals surface area contributed by atoms with E-state index in [-0.39, 0.29) is 56.7 Å². The van der Waals surface area contributed by atoms with E-state index in [9.17, 15) is 29.1 Å². The number of carbonyl (C=O) groups is 5. The normalized spacial score (nSPS) is 16.9. The van der Waals surface area contributed by atoms with Gasteiger partial charge in [0.1, 0.15) is 23.9 Å². The summed E-state index contributed by atoms with van der Waals surface area (Å²) in [5.41, 5.74) is 7.60. The van der Waals surface area contributed by atoms with Gasteiger partial charge < -0.3 is 36.0 Å². The third-order valence-corrected chi connectivity index (χ3v) is 7.64. The number of phenolic OH excluding ortho intramolecular Hbond substituents is 1. The molecule has 45 heavy (non-hydrogen) atoms. The van der Waals surface area contributed by atoms with Crippen LogP contribution in [0.3, 0.4) is 0 Å². The fraction of sp³-hybridized carbons (Fsp3) is 0.485. The van der Waals surface area contributed by atoms with Crippen LogP contribution >= 0.6 is 0 Å². The number of ether oxygens (including phenoxy) is 1. The summed E-state index contributed by atoms with van der Waals surface area (Å²) < 4.78 is 5.29. The van der Waals surface area contributed by atoms with Crippen molar-refractivity contribution in [2.75, 3.05) is 26.2 Å². The van der Waals surface area contributed by atoms with Crippen LogP contribution in [0.4, 0.5) is 0 Å². The highest BCUT2D eigenvalue weighted by Gasteiger charge is 2.42. The molecule has 0 aromatic heterocycles. The van der Waals surface area contributed by atoms with Gasteiger partial charge in [0.15, 0.2) is 0 Å². The molecule has 5 N–H and O–H groups in total. The van der Waals surface area contributed by atoms with Crippen molar-refractivity contribution in [2.24, 2.45) is 11.7 Å². The lowest BCUT2D eigenvalue weighted by molar-refractivity contribution is -0.163. The number of hydrogen-bond acceptors (Lipinski definition) is 8. The highest BCUT2D eigenvalue weighted by atomic mass is 16.5. The number of carbonyl (C=O) groups excluding carboxylic acids is 5.